The Kier molecular flexibility index (Phi) is 4.75. The summed E-state index contributed by atoms with van der Waals surface area (Å²) in [5.74, 6) is -0.0965. The quantitative estimate of drug-likeness (QED) is 0.508. The zero-order chi connectivity index (χ0) is 20.4. The molecule has 29 heavy (non-hydrogen) atoms. The molecule has 6 nitrogen and oxygen atoms in total. The maximum absolute atomic E-state index is 13.3. The minimum atomic E-state index is -0.373. The van der Waals surface area contributed by atoms with E-state index in [1.165, 1.54) is 7.11 Å². The van der Waals surface area contributed by atoms with Crippen LogP contribution in [-0.2, 0) is 0 Å². The van der Waals surface area contributed by atoms with E-state index < -0.39 is 0 Å². The number of ketones is 1. The zero-order valence-corrected chi connectivity index (χ0v) is 15.8. The Labute approximate surface area is 167 Å². The summed E-state index contributed by atoms with van der Waals surface area (Å²) in [7, 11) is 1.54. The Morgan fingerprint density at radius 2 is 1.72 bits per heavy atom. The van der Waals surface area contributed by atoms with Crippen LogP contribution in [0.5, 0.6) is 5.75 Å². The summed E-state index contributed by atoms with van der Waals surface area (Å²) in [4.78, 5) is 26.2. The van der Waals surface area contributed by atoms with E-state index in [9.17, 15) is 9.59 Å². The number of amides is 1. The molecule has 3 N–H and O–H groups in total. The summed E-state index contributed by atoms with van der Waals surface area (Å²) in [5.41, 5.74) is 8.62. The van der Waals surface area contributed by atoms with Crippen LogP contribution in [0.1, 0.15) is 26.4 Å². The van der Waals surface area contributed by atoms with Crippen molar-refractivity contribution in [3.63, 3.8) is 0 Å². The number of nitrogens with zero attached hydrogens (tertiary/aromatic N) is 1. The molecule has 0 aliphatic carbocycles. The number of nitrogens with one attached hydrogen (secondary N) is 1. The van der Waals surface area contributed by atoms with E-state index in [1.807, 2.05) is 18.2 Å². The monoisotopic (exact) mass is 385 g/mol. The van der Waals surface area contributed by atoms with E-state index in [0.717, 1.165) is 0 Å². The van der Waals surface area contributed by atoms with Crippen molar-refractivity contribution < 1.29 is 14.3 Å². The van der Waals surface area contributed by atoms with Gasteiger partial charge in [0.15, 0.2) is 0 Å². The fourth-order valence-electron chi connectivity index (χ4n) is 3.31. The number of fused-ring (bicyclic) bond motifs is 1. The van der Waals surface area contributed by atoms with Crippen LogP contribution in [0.4, 0.5) is 11.4 Å². The summed E-state index contributed by atoms with van der Waals surface area (Å²) in [6, 6.07) is 21.3. The highest BCUT2D eigenvalue weighted by Gasteiger charge is 2.26. The first-order chi connectivity index (χ1) is 14.1. The maximum atomic E-state index is 13.3. The van der Waals surface area contributed by atoms with Gasteiger partial charge < -0.3 is 20.2 Å². The number of carbonyl (C=O) groups is 2. The fraction of sp³-hybridized carbons (Fsp3) is 0.0435. The van der Waals surface area contributed by atoms with Gasteiger partial charge in [0, 0.05) is 17.4 Å². The number of pyridine rings is 1. The summed E-state index contributed by atoms with van der Waals surface area (Å²) in [6.45, 7) is 0. The van der Waals surface area contributed by atoms with Gasteiger partial charge in [0.1, 0.15) is 11.4 Å². The largest absolute Gasteiger partial charge is 0.497 e. The first kappa shape index (κ1) is 18.3. The standard InChI is InChI=1S/C23H19N3O3/c1-29-17-11-7-8-15(14-17)22(27)21-20(24)19(18-12-5-6-13-26(18)21)23(28)25-16-9-3-2-4-10-16/h2-14H,24H2,1H3,(H,25,28). The van der Waals surface area contributed by atoms with Crippen molar-refractivity contribution in [1.29, 1.82) is 0 Å². The molecule has 2 heterocycles. The first-order valence-corrected chi connectivity index (χ1v) is 9.04. The number of carbonyl (C=O) groups excluding carboxylic acids is 2. The number of hydrogen-bond donors (Lipinski definition) is 2. The summed E-state index contributed by atoms with van der Waals surface area (Å²) >= 11 is 0. The Bertz CT molecular complexity index is 1210. The average Bonchev–Trinajstić information content (AvgIpc) is 3.05. The number of hydrogen-bond acceptors (Lipinski definition) is 4. The number of ether oxygens (including phenoxy) is 1. The molecule has 0 radical (unpaired) electrons. The van der Waals surface area contributed by atoms with Crippen LogP contribution in [0, 0.1) is 0 Å². The molecule has 0 aliphatic heterocycles. The molecular weight excluding hydrogens is 366 g/mol. The van der Waals surface area contributed by atoms with Gasteiger partial charge >= 0.3 is 0 Å². The third-order valence-corrected chi connectivity index (χ3v) is 4.69. The number of para-hydroxylation sites is 1. The molecule has 0 spiro atoms. The Morgan fingerprint density at radius 1 is 0.966 bits per heavy atom. The normalized spacial score (nSPS) is 10.7. The molecule has 0 saturated carbocycles. The Morgan fingerprint density at radius 3 is 2.48 bits per heavy atom. The zero-order valence-electron chi connectivity index (χ0n) is 15.8. The van der Waals surface area contributed by atoms with E-state index in [1.54, 1.807) is 65.2 Å². The molecule has 0 bridgehead atoms. The van der Waals surface area contributed by atoms with Gasteiger partial charge in [0.25, 0.3) is 5.91 Å². The molecule has 6 heteroatoms. The summed E-state index contributed by atoms with van der Waals surface area (Å²) < 4.78 is 6.86. The molecule has 0 atom stereocenters. The predicted molar refractivity (Wildman–Crippen MR) is 113 cm³/mol. The molecule has 4 rings (SSSR count). The minimum absolute atomic E-state index is 0.137. The fourth-order valence-corrected chi connectivity index (χ4v) is 3.31. The molecular formula is C23H19N3O3. The van der Waals surface area contributed by atoms with Gasteiger partial charge in [0.2, 0.25) is 5.78 Å². The lowest BCUT2D eigenvalue weighted by atomic mass is 10.1. The van der Waals surface area contributed by atoms with E-state index >= 15 is 0 Å². The second-order valence-corrected chi connectivity index (χ2v) is 6.47. The Balaban J connectivity index is 1.82. The molecule has 144 valence electrons. The number of rotatable bonds is 5. The van der Waals surface area contributed by atoms with Crippen LogP contribution in [0.2, 0.25) is 0 Å². The predicted octanol–water partition coefficient (Wildman–Crippen LogP) is 4.01. The maximum Gasteiger partial charge on any atom is 0.259 e. The van der Waals surface area contributed by atoms with Gasteiger partial charge in [-0.1, -0.05) is 36.4 Å². The molecule has 0 saturated heterocycles. The van der Waals surface area contributed by atoms with Crippen LogP contribution < -0.4 is 15.8 Å². The topological polar surface area (TPSA) is 85.8 Å². The average molecular weight is 385 g/mol. The molecule has 0 fully saturated rings. The molecule has 1 amide bonds. The second-order valence-electron chi connectivity index (χ2n) is 6.47. The first-order valence-electron chi connectivity index (χ1n) is 9.04. The summed E-state index contributed by atoms with van der Waals surface area (Å²) in [5, 5.41) is 2.84. The van der Waals surface area contributed by atoms with Crippen LogP contribution in [0.25, 0.3) is 5.52 Å². The number of anilines is 2. The highest BCUT2D eigenvalue weighted by Crippen LogP contribution is 2.29. The second kappa shape index (κ2) is 7.52. The van der Waals surface area contributed by atoms with Crippen molar-refractivity contribution in [3.8, 4) is 5.75 Å². The van der Waals surface area contributed by atoms with Crippen LogP contribution in [0.3, 0.4) is 0 Å². The van der Waals surface area contributed by atoms with Gasteiger partial charge in [-0.3, -0.25) is 9.59 Å². The third-order valence-electron chi connectivity index (χ3n) is 4.69. The van der Waals surface area contributed by atoms with Crippen molar-refractivity contribution in [1.82, 2.24) is 4.40 Å². The number of benzene rings is 2. The lowest BCUT2D eigenvalue weighted by molar-refractivity contribution is 0.102. The van der Waals surface area contributed by atoms with E-state index in [0.29, 0.717) is 22.5 Å². The van der Waals surface area contributed by atoms with E-state index in [4.69, 9.17) is 10.5 Å². The molecule has 0 aliphatic rings. The molecule has 4 aromatic rings. The highest BCUT2D eigenvalue weighted by molar-refractivity contribution is 6.20. The van der Waals surface area contributed by atoms with Crippen LogP contribution >= 0.6 is 0 Å². The van der Waals surface area contributed by atoms with Gasteiger partial charge in [-0.25, -0.2) is 0 Å². The highest BCUT2D eigenvalue weighted by atomic mass is 16.5. The number of methoxy groups -OCH3 is 1. The van der Waals surface area contributed by atoms with E-state index in [-0.39, 0.29) is 28.6 Å². The molecule has 2 aromatic heterocycles. The van der Waals surface area contributed by atoms with Crippen molar-refractivity contribution >= 4 is 28.6 Å². The minimum Gasteiger partial charge on any atom is -0.497 e. The molecule has 2 aromatic carbocycles. The van der Waals surface area contributed by atoms with Crippen molar-refractivity contribution in [2.45, 2.75) is 0 Å². The van der Waals surface area contributed by atoms with Gasteiger partial charge in [-0.05, 0) is 36.4 Å². The van der Waals surface area contributed by atoms with Gasteiger partial charge in [0.05, 0.1) is 23.9 Å². The lowest BCUT2D eigenvalue weighted by Crippen LogP contribution is -2.14. The van der Waals surface area contributed by atoms with Crippen molar-refractivity contribution in [2.75, 3.05) is 18.2 Å². The third kappa shape index (κ3) is 3.32. The van der Waals surface area contributed by atoms with Crippen molar-refractivity contribution in [2.24, 2.45) is 0 Å². The van der Waals surface area contributed by atoms with Crippen LogP contribution in [0.15, 0.2) is 79.0 Å². The van der Waals surface area contributed by atoms with Crippen molar-refractivity contribution in [3.05, 3.63) is 95.8 Å². The summed E-state index contributed by atoms with van der Waals surface area (Å²) in [6.07, 6.45) is 1.72. The Hall–Kier alpha value is -4.06. The van der Waals surface area contributed by atoms with Crippen LogP contribution in [-0.4, -0.2) is 23.2 Å². The lowest BCUT2D eigenvalue weighted by Gasteiger charge is -2.06. The van der Waals surface area contributed by atoms with Gasteiger partial charge in [-0.2, -0.15) is 0 Å². The SMILES string of the molecule is COc1cccc(C(=O)c2c(N)c(C(=O)Nc3ccccc3)c3ccccn23)c1. The number of nitrogens with two attached hydrogens (primary N) is 1. The van der Waals surface area contributed by atoms with Gasteiger partial charge in [-0.15, -0.1) is 0 Å². The number of aromatic nitrogens is 1. The smallest absolute Gasteiger partial charge is 0.259 e. The van der Waals surface area contributed by atoms with E-state index in [2.05, 4.69) is 5.32 Å². The molecule has 0 unspecified atom stereocenters. The number of nitrogen functional groups attached to an aromatic ring is 1.